The molecule has 0 N–H and O–H groups in total. The van der Waals surface area contributed by atoms with Gasteiger partial charge in [0.1, 0.15) is 0 Å². The Kier molecular flexibility index (Phi) is 5.21. The summed E-state index contributed by atoms with van der Waals surface area (Å²) in [4.78, 5) is 18.9. The average Bonchev–Trinajstić information content (AvgIpc) is 3.54. The molecule has 0 unspecified atom stereocenters. The van der Waals surface area contributed by atoms with Gasteiger partial charge in [-0.2, -0.15) is 4.98 Å². The molecule has 5 rings (SSSR count). The first kappa shape index (κ1) is 19.4. The lowest BCUT2D eigenvalue weighted by atomic mass is 10.1. The smallest absolute Gasteiger partial charge is 0.280 e. The molecular weight excluding hydrogens is 416 g/mol. The van der Waals surface area contributed by atoms with Crippen LogP contribution in [0.25, 0.3) is 23.0 Å². The van der Waals surface area contributed by atoms with Crippen molar-refractivity contribution >= 4 is 17.5 Å². The summed E-state index contributed by atoms with van der Waals surface area (Å²) < 4.78 is 7.14. The molecule has 1 atom stereocenters. The van der Waals surface area contributed by atoms with Crippen molar-refractivity contribution in [3.63, 3.8) is 0 Å². The Morgan fingerprint density at radius 2 is 2.03 bits per heavy atom. The van der Waals surface area contributed by atoms with Crippen LogP contribution in [0.5, 0.6) is 0 Å². The normalized spacial score (nSPS) is 16.0. The molecule has 9 heteroatoms. The minimum Gasteiger partial charge on any atom is -0.340 e. The summed E-state index contributed by atoms with van der Waals surface area (Å²) in [6, 6.07) is 17.0. The highest BCUT2D eigenvalue weighted by Gasteiger charge is 2.28. The van der Waals surface area contributed by atoms with Gasteiger partial charge in [0.25, 0.3) is 5.89 Å². The number of carbonyl (C=O) groups excluding carboxylic acids is 1. The zero-order valence-corrected chi connectivity index (χ0v) is 17.3. The first-order valence-corrected chi connectivity index (χ1v) is 10.4. The second-order valence-electron chi connectivity index (χ2n) is 7.46. The van der Waals surface area contributed by atoms with E-state index >= 15 is 0 Å². The Labute approximate surface area is 183 Å². The third kappa shape index (κ3) is 4.20. The molecule has 0 radical (unpaired) electrons. The minimum atomic E-state index is 0.0566. The molecule has 8 nitrogen and oxygen atoms in total. The van der Waals surface area contributed by atoms with Gasteiger partial charge in [0, 0.05) is 23.7 Å². The summed E-state index contributed by atoms with van der Waals surface area (Å²) in [6.07, 6.45) is 2.93. The number of benzene rings is 2. The van der Waals surface area contributed by atoms with Crippen LogP contribution in [0.1, 0.15) is 18.0 Å². The highest BCUT2D eigenvalue weighted by Crippen LogP contribution is 2.25. The molecule has 0 saturated carbocycles. The first-order valence-electron chi connectivity index (χ1n) is 9.99. The summed E-state index contributed by atoms with van der Waals surface area (Å²) in [5.74, 6) is 0.898. The maximum atomic E-state index is 12.7. The van der Waals surface area contributed by atoms with Crippen molar-refractivity contribution in [1.29, 1.82) is 0 Å². The molecule has 2 aromatic heterocycles. The molecule has 2 aromatic carbocycles. The van der Waals surface area contributed by atoms with E-state index in [4.69, 9.17) is 16.1 Å². The summed E-state index contributed by atoms with van der Waals surface area (Å²) in [5, 5.41) is 13.1. The molecule has 1 saturated heterocycles. The monoisotopic (exact) mass is 434 g/mol. The Hall–Kier alpha value is -3.52. The summed E-state index contributed by atoms with van der Waals surface area (Å²) >= 11 is 6.02. The van der Waals surface area contributed by atoms with Crippen LogP contribution in [-0.4, -0.2) is 49.0 Å². The van der Waals surface area contributed by atoms with Gasteiger partial charge in [0.15, 0.2) is 5.69 Å². The van der Waals surface area contributed by atoms with E-state index < -0.39 is 0 Å². The molecule has 1 aliphatic heterocycles. The van der Waals surface area contributed by atoms with Crippen LogP contribution in [0.2, 0.25) is 5.02 Å². The van der Waals surface area contributed by atoms with Gasteiger partial charge >= 0.3 is 0 Å². The molecule has 0 spiro atoms. The zero-order valence-electron chi connectivity index (χ0n) is 16.6. The van der Waals surface area contributed by atoms with E-state index in [-0.39, 0.29) is 11.9 Å². The number of rotatable bonds is 5. The summed E-state index contributed by atoms with van der Waals surface area (Å²) in [6.45, 7) is 1.26. The van der Waals surface area contributed by atoms with Crippen molar-refractivity contribution in [2.24, 2.45) is 0 Å². The van der Waals surface area contributed by atoms with E-state index in [1.54, 1.807) is 16.9 Å². The SMILES string of the molecule is O=C(Cc1cccc(Cl)c1)N1CC[C@@H](n2cc(-c3nc(-c4ccccc4)no3)nn2)C1. The number of amides is 1. The maximum absolute atomic E-state index is 12.7. The van der Waals surface area contributed by atoms with Gasteiger partial charge in [-0.05, 0) is 24.1 Å². The third-order valence-electron chi connectivity index (χ3n) is 5.32. The maximum Gasteiger partial charge on any atom is 0.280 e. The fourth-order valence-electron chi connectivity index (χ4n) is 3.70. The standard InChI is InChI=1S/C22H19ClN6O2/c23-17-8-4-5-15(11-17)12-20(30)28-10-9-18(13-28)29-14-19(25-27-29)22-24-21(26-31-22)16-6-2-1-3-7-16/h1-8,11,14,18H,9-10,12-13H2/t18-/m1/s1. The van der Waals surface area contributed by atoms with Crippen molar-refractivity contribution in [2.45, 2.75) is 18.9 Å². The zero-order chi connectivity index (χ0) is 21.2. The van der Waals surface area contributed by atoms with E-state index in [0.29, 0.717) is 41.9 Å². The van der Waals surface area contributed by atoms with Crippen molar-refractivity contribution in [1.82, 2.24) is 30.0 Å². The predicted molar refractivity (Wildman–Crippen MR) is 114 cm³/mol. The number of aromatic nitrogens is 5. The fourth-order valence-corrected chi connectivity index (χ4v) is 3.92. The number of nitrogens with zero attached hydrogens (tertiary/aromatic N) is 6. The van der Waals surface area contributed by atoms with Gasteiger partial charge in [-0.15, -0.1) is 5.10 Å². The molecule has 0 bridgehead atoms. The van der Waals surface area contributed by atoms with Gasteiger partial charge < -0.3 is 9.42 Å². The summed E-state index contributed by atoms with van der Waals surface area (Å²) in [7, 11) is 0. The number of halogens is 1. The number of hydrogen-bond donors (Lipinski definition) is 0. The molecule has 31 heavy (non-hydrogen) atoms. The lowest BCUT2D eigenvalue weighted by Crippen LogP contribution is -2.30. The molecule has 156 valence electrons. The molecule has 0 aliphatic carbocycles. The highest BCUT2D eigenvalue weighted by atomic mass is 35.5. The van der Waals surface area contributed by atoms with Gasteiger partial charge in [0.05, 0.1) is 18.7 Å². The highest BCUT2D eigenvalue weighted by molar-refractivity contribution is 6.30. The van der Waals surface area contributed by atoms with E-state index in [1.165, 1.54) is 0 Å². The number of carbonyl (C=O) groups is 1. The average molecular weight is 435 g/mol. The predicted octanol–water partition coefficient (Wildman–Crippen LogP) is 3.66. The molecular formula is C22H19ClN6O2. The van der Waals surface area contributed by atoms with Crippen LogP contribution >= 0.6 is 11.6 Å². The van der Waals surface area contributed by atoms with E-state index in [1.807, 2.05) is 53.4 Å². The van der Waals surface area contributed by atoms with Gasteiger partial charge in [-0.1, -0.05) is 64.4 Å². The van der Waals surface area contributed by atoms with Gasteiger partial charge in [-0.3, -0.25) is 4.79 Å². The largest absolute Gasteiger partial charge is 0.340 e. The Morgan fingerprint density at radius 3 is 2.87 bits per heavy atom. The van der Waals surface area contributed by atoms with Crippen LogP contribution < -0.4 is 0 Å². The second-order valence-corrected chi connectivity index (χ2v) is 7.90. The number of hydrogen-bond acceptors (Lipinski definition) is 6. The van der Waals surface area contributed by atoms with Crippen molar-refractivity contribution in [3.05, 3.63) is 71.4 Å². The Bertz CT molecular complexity index is 1210. The van der Waals surface area contributed by atoms with E-state index in [9.17, 15) is 4.79 Å². The molecule has 1 fully saturated rings. The molecule has 1 aliphatic rings. The van der Waals surface area contributed by atoms with Crippen LogP contribution in [0, 0.1) is 0 Å². The summed E-state index contributed by atoms with van der Waals surface area (Å²) in [5.41, 5.74) is 2.29. The topological polar surface area (TPSA) is 89.9 Å². The first-order chi connectivity index (χ1) is 15.2. The van der Waals surface area contributed by atoms with Crippen molar-refractivity contribution < 1.29 is 9.32 Å². The quantitative estimate of drug-likeness (QED) is 0.476. The fraction of sp³-hybridized carbons (Fsp3) is 0.227. The minimum absolute atomic E-state index is 0.0566. The second kappa shape index (κ2) is 8.31. The van der Waals surface area contributed by atoms with Crippen molar-refractivity contribution in [2.75, 3.05) is 13.1 Å². The van der Waals surface area contributed by atoms with E-state index in [0.717, 1.165) is 17.5 Å². The third-order valence-corrected chi connectivity index (χ3v) is 5.56. The van der Waals surface area contributed by atoms with Crippen LogP contribution in [-0.2, 0) is 11.2 Å². The Balaban J connectivity index is 1.25. The van der Waals surface area contributed by atoms with Crippen LogP contribution in [0.4, 0.5) is 0 Å². The molecule has 1 amide bonds. The van der Waals surface area contributed by atoms with Gasteiger partial charge in [0.2, 0.25) is 11.7 Å². The lowest BCUT2D eigenvalue weighted by Gasteiger charge is -2.16. The number of likely N-dealkylation sites (tertiary alicyclic amines) is 1. The van der Waals surface area contributed by atoms with Crippen LogP contribution in [0.15, 0.2) is 65.3 Å². The van der Waals surface area contributed by atoms with Gasteiger partial charge in [-0.25, -0.2) is 4.68 Å². The van der Waals surface area contributed by atoms with Crippen molar-refractivity contribution in [3.8, 4) is 23.0 Å². The molecule has 3 heterocycles. The molecule has 4 aromatic rings. The lowest BCUT2D eigenvalue weighted by molar-refractivity contribution is -0.129. The Morgan fingerprint density at radius 1 is 1.16 bits per heavy atom. The van der Waals surface area contributed by atoms with E-state index in [2.05, 4.69) is 20.5 Å². The van der Waals surface area contributed by atoms with Crippen LogP contribution in [0.3, 0.4) is 0 Å².